The Kier molecular flexibility index (Phi) is 9.41. The van der Waals surface area contributed by atoms with E-state index in [2.05, 4.69) is 64.4 Å². The first-order valence-electron chi connectivity index (χ1n) is 17.1. The molecule has 0 amide bonds. The SMILES string of the molecule is C[C@@H]1CN(c2ccc(Nc3ncc4cc(C#CCc5ccccc5F)c(=O)n(Cc5ccccc5C5CCCC5)c4n3)cc2F)C[C@H](C)N1. The van der Waals surface area contributed by atoms with Crippen molar-refractivity contribution in [1.82, 2.24) is 19.9 Å². The van der Waals surface area contributed by atoms with Crippen molar-refractivity contribution in [2.45, 2.75) is 70.5 Å². The number of aromatic nitrogens is 3. The third kappa shape index (κ3) is 7.20. The standard InChI is InChI=1S/C40H40F2N6O/c1-26-23-47(24-27(2)44-26)37-19-18-33(21-36(37)42)45-40-43-22-32-20-30(15-9-14-29-12-6-8-17-35(29)41)39(49)48(38(32)46-40)25-31-13-5-7-16-34(31)28-10-3-4-11-28/h5-8,12-13,16-22,26-28,44H,3-4,10-11,14,23-25H2,1-2H3,(H,43,45,46)/t26-,27+. The molecule has 0 unspecified atom stereocenters. The van der Waals surface area contributed by atoms with E-state index in [0.29, 0.717) is 46.0 Å². The summed E-state index contributed by atoms with van der Waals surface area (Å²) < 4.78 is 31.3. The van der Waals surface area contributed by atoms with Crippen LogP contribution in [0.2, 0.25) is 0 Å². The topological polar surface area (TPSA) is 75.1 Å². The fraction of sp³-hybridized carbons (Fsp3) is 0.325. The molecule has 5 aromatic rings. The molecule has 0 spiro atoms. The Labute approximate surface area is 285 Å². The van der Waals surface area contributed by atoms with Crippen LogP contribution in [0, 0.1) is 23.5 Å². The Morgan fingerprint density at radius 1 is 0.918 bits per heavy atom. The molecular weight excluding hydrogens is 618 g/mol. The molecule has 7 nitrogen and oxygen atoms in total. The molecule has 2 aliphatic rings. The van der Waals surface area contributed by atoms with Gasteiger partial charge in [0.1, 0.15) is 17.3 Å². The van der Waals surface area contributed by atoms with Crippen molar-refractivity contribution in [1.29, 1.82) is 0 Å². The minimum Gasteiger partial charge on any atom is -0.366 e. The monoisotopic (exact) mass is 658 g/mol. The first-order valence-corrected chi connectivity index (χ1v) is 17.1. The summed E-state index contributed by atoms with van der Waals surface area (Å²) in [6.07, 6.45) is 6.49. The lowest BCUT2D eigenvalue weighted by atomic mass is 9.93. The molecule has 1 aliphatic heterocycles. The van der Waals surface area contributed by atoms with Crippen LogP contribution >= 0.6 is 0 Å². The van der Waals surface area contributed by atoms with E-state index < -0.39 is 0 Å². The summed E-state index contributed by atoms with van der Waals surface area (Å²) in [5.74, 6) is 6.05. The van der Waals surface area contributed by atoms with Gasteiger partial charge in [-0.25, -0.2) is 13.8 Å². The highest BCUT2D eigenvalue weighted by Crippen LogP contribution is 2.36. The van der Waals surface area contributed by atoms with Gasteiger partial charge in [0.2, 0.25) is 5.95 Å². The largest absolute Gasteiger partial charge is 0.366 e. The van der Waals surface area contributed by atoms with Crippen molar-refractivity contribution in [2.24, 2.45) is 0 Å². The molecule has 2 aromatic heterocycles. The van der Waals surface area contributed by atoms with Gasteiger partial charge in [-0.2, -0.15) is 4.98 Å². The van der Waals surface area contributed by atoms with Gasteiger partial charge in [0.05, 0.1) is 17.8 Å². The van der Waals surface area contributed by atoms with Crippen molar-refractivity contribution < 1.29 is 8.78 Å². The summed E-state index contributed by atoms with van der Waals surface area (Å²) >= 11 is 0. The molecule has 2 fully saturated rings. The highest BCUT2D eigenvalue weighted by atomic mass is 19.1. The van der Waals surface area contributed by atoms with Crippen LogP contribution in [0.15, 0.2) is 83.8 Å². The zero-order valence-corrected chi connectivity index (χ0v) is 27.8. The molecule has 0 radical (unpaired) electrons. The molecule has 1 saturated carbocycles. The lowest BCUT2D eigenvalue weighted by Crippen LogP contribution is -2.54. The molecule has 49 heavy (non-hydrogen) atoms. The zero-order chi connectivity index (χ0) is 33.9. The number of halogens is 2. The van der Waals surface area contributed by atoms with Gasteiger partial charge in [-0.1, -0.05) is 67.1 Å². The third-order valence-corrected chi connectivity index (χ3v) is 9.57. The second-order valence-electron chi connectivity index (χ2n) is 13.3. The number of hydrogen-bond donors (Lipinski definition) is 2. The van der Waals surface area contributed by atoms with Gasteiger partial charge in [-0.15, -0.1) is 0 Å². The minimum atomic E-state index is -0.328. The number of rotatable bonds is 7. The van der Waals surface area contributed by atoms with Crippen LogP contribution in [0.1, 0.15) is 67.7 Å². The second-order valence-corrected chi connectivity index (χ2v) is 13.3. The Morgan fingerprint density at radius 2 is 1.65 bits per heavy atom. The van der Waals surface area contributed by atoms with Crippen molar-refractivity contribution in [2.75, 3.05) is 23.3 Å². The molecule has 1 saturated heterocycles. The summed E-state index contributed by atoms with van der Waals surface area (Å²) in [6.45, 7) is 5.95. The van der Waals surface area contributed by atoms with Crippen molar-refractivity contribution in [3.05, 3.63) is 123 Å². The van der Waals surface area contributed by atoms with E-state index >= 15 is 4.39 Å². The van der Waals surface area contributed by atoms with Gasteiger partial charge in [0.25, 0.3) is 5.56 Å². The van der Waals surface area contributed by atoms with Crippen LogP contribution in [0.3, 0.4) is 0 Å². The van der Waals surface area contributed by atoms with Crippen LogP contribution in [0.5, 0.6) is 0 Å². The van der Waals surface area contributed by atoms with E-state index in [1.807, 2.05) is 12.1 Å². The van der Waals surface area contributed by atoms with E-state index in [4.69, 9.17) is 4.98 Å². The number of pyridine rings is 1. The van der Waals surface area contributed by atoms with Gasteiger partial charge in [-0.05, 0) is 79.6 Å². The van der Waals surface area contributed by atoms with Gasteiger partial charge in [0, 0.05) is 48.9 Å². The van der Waals surface area contributed by atoms with Crippen LogP contribution in [-0.2, 0) is 13.0 Å². The zero-order valence-electron chi connectivity index (χ0n) is 27.8. The molecule has 2 atom stereocenters. The van der Waals surface area contributed by atoms with Gasteiger partial charge < -0.3 is 15.5 Å². The normalized spacial score (nSPS) is 18.0. The molecule has 0 bridgehead atoms. The molecule has 3 heterocycles. The Bertz CT molecular complexity index is 2100. The van der Waals surface area contributed by atoms with Crippen LogP contribution < -0.4 is 21.1 Å². The average molecular weight is 659 g/mol. The number of piperazine rings is 1. The highest BCUT2D eigenvalue weighted by Gasteiger charge is 2.24. The quantitative estimate of drug-likeness (QED) is 0.179. The fourth-order valence-electron chi connectivity index (χ4n) is 7.31. The molecule has 2 N–H and O–H groups in total. The number of nitrogens with zero attached hydrogens (tertiary/aromatic N) is 4. The molecule has 3 aromatic carbocycles. The lowest BCUT2D eigenvalue weighted by molar-refractivity contribution is 0.404. The highest BCUT2D eigenvalue weighted by molar-refractivity contribution is 5.78. The predicted octanol–water partition coefficient (Wildman–Crippen LogP) is 7.30. The number of hydrogen-bond acceptors (Lipinski definition) is 6. The van der Waals surface area contributed by atoms with Crippen LogP contribution in [0.25, 0.3) is 11.0 Å². The van der Waals surface area contributed by atoms with Crippen LogP contribution in [-0.4, -0.2) is 39.7 Å². The smallest absolute Gasteiger partial charge is 0.268 e. The first-order chi connectivity index (χ1) is 23.8. The van der Waals surface area contributed by atoms with Crippen molar-refractivity contribution in [3.8, 4) is 11.8 Å². The second kappa shape index (κ2) is 14.2. The average Bonchev–Trinajstić information content (AvgIpc) is 3.62. The number of anilines is 3. The Balaban J connectivity index is 1.24. The summed E-state index contributed by atoms with van der Waals surface area (Å²) in [5.41, 5.74) is 4.32. The molecule has 7 rings (SSSR count). The first kappa shape index (κ1) is 32.5. The van der Waals surface area contributed by atoms with E-state index in [1.54, 1.807) is 41.1 Å². The Morgan fingerprint density at radius 3 is 2.41 bits per heavy atom. The van der Waals surface area contributed by atoms with E-state index in [0.717, 1.165) is 31.5 Å². The number of nitrogens with one attached hydrogen (secondary N) is 2. The van der Waals surface area contributed by atoms with Gasteiger partial charge in [-0.3, -0.25) is 9.36 Å². The maximum absolute atomic E-state index is 15.4. The maximum Gasteiger partial charge on any atom is 0.268 e. The minimum absolute atomic E-state index is 0.177. The summed E-state index contributed by atoms with van der Waals surface area (Å²) in [6, 6.07) is 22.1. The molecule has 1 aliphatic carbocycles. The third-order valence-electron chi connectivity index (χ3n) is 9.57. The fourth-order valence-corrected chi connectivity index (χ4v) is 7.31. The summed E-state index contributed by atoms with van der Waals surface area (Å²) in [7, 11) is 0. The van der Waals surface area contributed by atoms with Gasteiger partial charge >= 0.3 is 0 Å². The van der Waals surface area contributed by atoms with Gasteiger partial charge in [0.15, 0.2) is 0 Å². The van der Waals surface area contributed by atoms with Crippen molar-refractivity contribution >= 4 is 28.4 Å². The molecular formula is C40H40F2N6O. The van der Waals surface area contributed by atoms with E-state index in [9.17, 15) is 9.18 Å². The lowest BCUT2D eigenvalue weighted by Gasteiger charge is -2.37. The van der Waals surface area contributed by atoms with E-state index in [-0.39, 0.29) is 41.6 Å². The molecule has 9 heteroatoms. The maximum atomic E-state index is 15.4. The summed E-state index contributed by atoms with van der Waals surface area (Å²) in [5, 5.41) is 7.27. The summed E-state index contributed by atoms with van der Waals surface area (Å²) in [4.78, 5) is 25.5. The molecule has 250 valence electrons. The van der Waals surface area contributed by atoms with Crippen molar-refractivity contribution in [3.63, 3.8) is 0 Å². The number of fused-ring (bicyclic) bond motifs is 1. The Hall–Kier alpha value is -5.07. The van der Waals surface area contributed by atoms with Crippen LogP contribution in [0.4, 0.5) is 26.1 Å². The van der Waals surface area contributed by atoms with E-state index in [1.165, 1.54) is 30.5 Å². The predicted molar refractivity (Wildman–Crippen MR) is 191 cm³/mol. The number of benzene rings is 3.